The molecule has 0 saturated carbocycles. The van der Waals surface area contributed by atoms with Crippen molar-refractivity contribution in [2.45, 2.75) is 24.3 Å². The summed E-state index contributed by atoms with van der Waals surface area (Å²) >= 11 is 1.76. The van der Waals surface area contributed by atoms with Crippen molar-refractivity contribution < 1.29 is 0 Å². The zero-order valence-electron chi connectivity index (χ0n) is 20.6. The van der Waals surface area contributed by atoms with Crippen molar-refractivity contribution in [3.8, 4) is 28.7 Å². The molecule has 4 rings (SSSR count). The fourth-order valence-corrected chi connectivity index (χ4v) is 4.56. The first-order valence-electron chi connectivity index (χ1n) is 11.7. The van der Waals surface area contributed by atoms with Gasteiger partial charge >= 0.3 is 0 Å². The molecular weight excluding hydrogens is 468 g/mol. The Morgan fingerprint density at radius 2 is 1.78 bits per heavy atom. The van der Waals surface area contributed by atoms with Gasteiger partial charge in [0.2, 0.25) is 0 Å². The van der Waals surface area contributed by atoms with Gasteiger partial charge in [-0.15, -0.1) is 11.8 Å². The Balaban J connectivity index is 1.54. The van der Waals surface area contributed by atoms with E-state index >= 15 is 0 Å². The molecule has 2 aromatic heterocycles. The lowest BCUT2D eigenvalue weighted by atomic mass is 10.0. The molecule has 2 heterocycles. The molecular formula is C28H28N6OS. The smallest absolute Gasteiger partial charge is 0.267 e. The van der Waals surface area contributed by atoms with Crippen LogP contribution in [0.25, 0.3) is 22.6 Å². The van der Waals surface area contributed by atoms with Crippen LogP contribution in [0.1, 0.15) is 30.5 Å². The second-order valence-electron chi connectivity index (χ2n) is 8.74. The van der Waals surface area contributed by atoms with E-state index in [0.29, 0.717) is 17.1 Å². The SMILES string of the molecule is C[C@H](c1cccc(-c2ncc(SCCCN(C)C)cn2)c1)n1nc(-c2cccc(C#N)c2)ccc1=O. The molecule has 0 aliphatic carbocycles. The van der Waals surface area contributed by atoms with E-state index in [1.807, 2.05) is 55.7 Å². The molecule has 2 aromatic carbocycles. The average molecular weight is 497 g/mol. The molecule has 0 radical (unpaired) electrons. The van der Waals surface area contributed by atoms with Crippen LogP contribution in [0.3, 0.4) is 0 Å². The van der Waals surface area contributed by atoms with Crippen molar-refractivity contribution in [2.75, 3.05) is 26.4 Å². The molecule has 0 saturated heterocycles. The van der Waals surface area contributed by atoms with Crippen LogP contribution in [0.15, 0.2) is 82.7 Å². The van der Waals surface area contributed by atoms with Crippen molar-refractivity contribution in [1.29, 1.82) is 5.26 Å². The van der Waals surface area contributed by atoms with E-state index in [-0.39, 0.29) is 11.6 Å². The van der Waals surface area contributed by atoms with Gasteiger partial charge < -0.3 is 4.90 Å². The van der Waals surface area contributed by atoms with Crippen molar-refractivity contribution in [1.82, 2.24) is 24.6 Å². The zero-order valence-corrected chi connectivity index (χ0v) is 21.4. The first-order valence-corrected chi connectivity index (χ1v) is 12.7. The Hall–Kier alpha value is -3.80. The van der Waals surface area contributed by atoms with Gasteiger partial charge in [-0.05, 0) is 69.6 Å². The number of nitriles is 1. The third kappa shape index (κ3) is 6.25. The van der Waals surface area contributed by atoms with Gasteiger partial charge in [0.1, 0.15) is 0 Å². The van der Waals surface area contributed by atoms with Crippen LogP contribution in [0.4, 0.5) is 0 Å². The summed E-state index contributed by atoms with van der Waals surface area (Å²) in [5.41, 5.74) is 3.59. The fourth-order valence-electron chi connectivity index (χ4n) is 3.79. The topological polar surface area (TPSA) is 87.7 Å². The normalized spacial score (nSPS) is 11.9. The number of hydrogen-bond donors (Lipinski definition) is 0. The highest BCUT2D eigenvalue weighted by molar-refractivity contribution is 7.99. The fraction of sp³-hybridized carbons (Fsp3) is 0.250. The lowest BCUT2D eigenvalue weighted by Crippen LogP contribution is -2.26. The summed E-state index contributed by atoms with van der Waals surface area (Å²) in [4.78, 5) is 25.1. The molecule has 182 valence electrons. The molecule has 0 fully saturated rings. The maximum atomic E-state index is 12.7. The first-order chi connectivity index (χ1) is 17.4. The molecule has 0 bridgehead atoms. The molecule has 0 aliphatic heterocycles. The van der Waals surface area contributed by atoms with Crippen LogP contribution in [0.2, 0.25) is 0 Å². The largest absolute Gasteiger partial charge is 0.309 e. The van der Waals surface area contributed by atoms with Crippen LogP contribution in [-0.4, -0.2) is 51.0 Å². The summed E-state index contributed by atoms with van der Waals surface area (Å²) in [6, 6.07) is 20.1. The van der Waals surface area contributed by atoms with Crippen LogP contribution < -0.4 is 5.56 Å². The van der Waals surface area contributed by atoms with Gasteiger partial charge in [-0.2, -0.15) is 10.4 Å². The minimum absolute atomic E-state index is 0.194. The minimum Gasteiger partial charge on any atom is -0.309 e. The minimum atomic E-state index is -0.303. The monoisotopic (exact) mass is 496 g/mol. The Bertz CT molecular complexity index is 1430. The van der Waals surface area contributed by atoms with E-state index in [9.17, 15) is 10.1 Å². The number of aromatic nitrogens is 4. The van der Waals surface area contributed by atoms with Crippen LogP contribution in [0, 0.1) is 11.3 Å². The van der Waals surface area contributed by atoms with Gasteiger partial charge in [-0.25, -0.2) is 14.6 Å². The van der Waals surface area contributed by atoms with Crippen LogP contribution >= 0.6 is 11.8 Å². The zero-order chi connectivity index (χ0) is 25.5. The van der Waals surface area contributed by atoms with Gasteiger partial charge in [0.15, 0.2) is 5.82 Å². The molecule has 4 aromatic rings. The summed E-state index contributed by atoms with van der Waals surface area (Å²) < 4.78 is 1.47. The Morgan fingerprint density at radius 1 is 1.03 bits per heavy atom. The summed E-state index contributed by atoms with van der Waals surface area (Å²) in [5.74, 6) is 1.67. The standard InChI is InChI=1S/C28H28N6OS/c1-20(34-27(35)12-11-26(32-34)23-9-4-7-21(15-23)17-29)22-8-5-10-24(16-22)28-30-18-25(19-31-28)36-14-6-13-33(2)3/h4-5,7-12,15-16,18-20H,6,13-14H2,1-3H3/t20-/m1/s1. The highest BCUT2D eigenvalue weighted by Gasteiger charge is 2.14. The summed E-state index contributed by atoms with van der Waals surface area (Å²) in [6.07, 6.45) is 4.84. The van der Waals surface area contributed by atoms with Gasteiger partial charge in [0.05, 0.1) is 23.4 Å². The third-order valence-electron chi connectivity index (χ3n) is 5.75. The molecule has 36 heavy (non-hydrogen) atoms. The number of nitrogens with zero attached hydrogens (tertiary/aromatic N) is 6. The third-order valence-corrected chi connectivity index (χ3v) is 6.79. The molecule has 0 N–H and O–H groups in total. The Kier molecular flexibility index (Phi) is 8.26. The first kappa shape index (κ1) is 25.3. The molecule has 0 spiro atoms. The summed E-state index contributed by atoms with van der Waals surface area (Å²) in [7, 11) is 4.16. The highest BCUT2D eigenvalue weighted by Crippen LogP contribution is 2.25. The van der Waals surface area contributed by atoms with Crippen molar-refractivity contribution in [3.05, 3.63) is 94.5 Å². The molecule has 7 nitrogen and oxygen atoms in total. The predicted molar refractivity (Wildman–Crippen MR) is 144 cm³/mol. The lowest BCUT2D eigenvalue weighted by molar-refractivity contribution is 0.410. The molecule has 0 amide bonds. The van der Waals surface area contributed by atoms with E-state index in [1.165, 1.54) is 10.7 Å². The molecule has 1 atom stereocenters. The van der Waals surface area contributed by atoms with Crippen LogP contribution in [0.5, 0.6) is 0 Å². The van der Waals surface area contributed by atoms with Crippen molar-refractivity contribution in [2.24, 2.45) is 0 Å². The maximum absolute atomic E-state index is 12.7. The van der Waals surface area contributed by atoms with Gasteiger partial charge in [0, 0.05) is 34.5 Å². The molecule has 0 unspecified atom stereocenters. The Labute approximate surface area is 215 Å². The number of hydrogen-bond acceptors (Lipinski definition) is 7. The molecule has 0 aliphatic rings. The van der Waals surface area contributed by atoms with Gasteiger partial charge in [0.25, 0.3) is 5.56 Å². The second-order valence-corrected chi connectivity index (χ2v) is 9.91. The average Bonchev–Trinajstić information content (AvgIpc) is 2.91. The molecule has 8 heteroatoms. The van der Waals surface area contributed by atoms with Gasteiger partial charge in [-0.1, -0.05) is 30.3 Å². The van der Waals surface area contributed by atoms with E-state index in [2.05, 4.69) is 40.1 Å². The van der Waals surface area contributed by atoms with Crippen molar-refractivity contribution in [3.63, 3.8) is 0 Å². The summed E-state index contributed by atoms with van der Waals surface area (Å²) in [6.45, 7) is 3.00. The van der Waals surface area contributed by atoms with E-state index in [0.717, 1.165) is 40.3 Å². The highest BCUT2D eigenvalue weighted by atomic mass is 32.2. The predicted octanol–water partition coefficient (Wildman–Crippen LogP) is 4.89. The van der Waals surface area contributed by atoms with Crippen molar-refractivity contribution >= 4 is 11.8 Å². The van der Waals surface area contributed by atoms with Gasteiger partial charge in [-0.3, -0.25) is 4.79 Å². The number of thioether (sulfide) groups is 1. The Morgan fingerprint density at radius 3 is 2.53 bits per heavy atom. The summed E-state index contributed by atoms with van der Waals surface area (Å²) in [5, 5.41) is 13.8. The second kappa shape index (κ2) is 11.8. The maximum Gasteiger partial charge on any atom is 0.267 e. The van der Waals surface area contributed by atoms with E-state index in [4.69, 9.17) is 0 Å². The number of benzene rings is 2. The van der Waals surface area contributed by atoms with E-state index in [1.54, 1.807) is 30.0 Å². The lowest BCUT2D eigenvalue weighted by Gasteiger charge is -2.16. The van der Waals surface area contributed by atoms with E-state index < -0.39 is 0 Å². The quantitative estimate of drug-likeness (QED) is 0.241. The number of rotatable bonds is 9. The van der Waals surface area contributed by atoms with Crippen LogP contribution in [-0.2, 0) is 0 Å².